The SMILES string of the molecule is O=C(Nc1cc(Cl)ncn1)C1CCCOC1. The molecule has 1 aliphatic heterocycles. The lowest BCUT2D eigenvalue weighted by molar-refractivity contribution is -0.123. The summed E-state index contributed by atoms with van der Waals surface area (Å²) in [5, 5.41) is 3.01. The van der Waals surface area contributed by atoms with Gasteiger partial charge in [0.15, 0.2) is 0 Å². The molecule has 2 rings (SSSR count). The van der Waals surface area contributed by atoms with Crippen LogP contribution in [0.3, 0.4) is 0 Å². The van der Waals surface area contributed by atoms with Crippen LogP contribution in [0, 0.1) is 5.92 Å². The van der Waals surface area contributed by atoms with Crippen LogP contribution in [0.5, 0.6) is 0 Å². The number of hydrogen-bond acceptors (Lipinski definition) is 4. The van der Waals surface area contributed by atoms with Crippen molar-refractivity contribution in [2.75, 3.05) is 18.5 Å². The van der Waals surface area contributed by atoms with Crippen molar-refractivity contribution in [3.05, 3.63) is 17.5 Å². The van der Waals surface area contributed by atoms with E-state index in [2.05, 4.69) is 15.3 Å². The Bertz CT molecular complexity index is 380. The summed E-state index contributed by atoms with van der Waals surface area (Å²) in [6.45, 7) is 1.22. The number of nitrogens with one attached hydrogen (secondary N) is 1. The van der Waals surface area contributed by atoms with Crippen molar-refractivity contribution in [3.63, 3.8) is 0 Å². The average Bonchev–Trinajstić information content (AvgIpc) is 2.30. The zero-order chi connectivity index (χ0) is 11.4. The predicted molar refractivity (Wildman–Crippen MR) is 59.2 cm³/mol. The molecule has 1 unspecified atom stereocenters. The average molecular weight is 242 g/mol. The molecule has 0 spiro atoms. The van der Waals surface area contributed by atoms with E-state index >= 15 is 0 Å². The van der Waals surface area contributed by atoms with Crippen LogP contribution >= 0.6 is 11.6 Å². The first-order chi connectivity index (χ1) is 7.75. The van der Waals surface area contributed by atoms with Crippen molar-refractivity contribution in [3.8, 4) is 0 Å². The number of ether oxygens (including phenoxy) is 1. The lowest BCUT2D eigenvalue weighted by Crippen LogP contribution is -2.30. The molecule has 5 nitrogen and oxygen atoms in total. The van der Waals surface area contributed by atoms with Gasteiger partial charge >= 0.3 is 0 Å². The maximum absolute atomic E-state index is 11.8. The number of rotatable bonds is 2. The van der Waals surface area contributed by atoms with Gasteiger partial charge in [-0.2, -0.15) is 0 Å². The third-order valence-corrected chi connectivity index (χ3v) is 2.62. The van der Waals surface area contributed by atoms with Gasteiger partial charge in [0, 0.05) is 12.7 Å². The maximum atomic E-state index is 11.8. The minimum absolute atomic E-state index is 0.0746. The van der Waals surface area contributed by atoms with Gasteiger partial charge in [-0.3, -0.25) is 4.79 Å². The van der Waals surface area contributed by atoms with Gasteiger partial charge in [0.05, 0.1) is 12.5 Å². The van der Waals surface area contributed by atoms with Gasteiger partial charge in [-0.1, -0.05) is 11.6 Å². The fourth-order valence-corrected chi connectivity index (χ4v) is 1.72. The van der Waals surface area contributed by atoms with E-state index in [9.17, 15) is 4.79 Å². The Balaban J connectivity index is 1.96. The van der Waals surface area contributed by atoms with Crippen LogP contribution < -0.4 is 5.32 Å². The summed E-state index contributed by atoms with van der Waals surface area (Å²) in [4.78, 5) is 19.4. The first-order valence-electron chi connectivity index (χ1n) is 5.12. The van der Waals surface area contributed by atoms with Crippen LogP contribution in [0.4, 0.5) is 5.82 Å². The van der Waals surface area contributed by atoms with Gasteiger partial charge in [-0.15, -0.1) is 0 Å². The molecule has 1 saturated heterocycles. The molecule has 1 fully saturated rings. The van der Waals surface area contributed by atoms with Crippen molar-refractivity contribution < 1.29 is 9.53 Å². The van der Waals surface area contributed by atoms with Gasteiger partial charge in [0.25, 0.3) is 0 Å². The second kappa shape index (κ2) is 5.23. The van der Waals surface area contributed by atoms with Crippen molar-refractivity contribution in [1.82, 2.24) is 9.97 Å². The molecule has 16 heavy (non-hydrogen) atoms. The predicted octanol–water partition coefficient (Wildman–Crippen LogP) is 1.50. The molecular weight excluding hydrogens is 230 g/mol. The van der Waals surface area contributed by atoms with E-state index in [1.807, 2.05) is 0 Å². The van der Waals surface area contributed by atoms with Crippen molar-refractivity contribution in [1.29, 1.82) is 0 Å². The van der Waals surface area contributed by atoms with Crippen molar-refractivity contribution >= 4 is 23.3 Å². The molecule has 1 atom stereocenters. The van der Waals surface area contributed by atoms with E-state index < -0.39 is 0 Å². The van der Waals surface area contributed by atoms with E-state index in [1.165, 1.54) is 12.4 Å². The van der Waals surface area contributed by atoms with E-state index in [1.54, 1.807) is 0 Å². The zero-order valence-corrected chi connectivity index (χ0v) is 9.41. The monoisotopic (exact) mass is 241 g/mol. The summed E-state index contributed by atoms with van der Waals surface area (Å²) in [5.74, 6) is 0.257. The van der Waals surface area contributed by atoms with Gasteiger partial charge in [-0.05, 0) is 12.8 Å². The minimum Gasteiger partial charge on any atom is -0.381 e. The highest BCUT2D eigenvalue weighted by molar-refractivity contribution is 6.29. The number of carbonyl (C=O) groups excluding carboxylic acids is 1. The van der Waals surface area contributed by atoms with Gasteiger partial charge in [0.1, 0.15) is 17.3 Å². The fourth-order valence-electron chi connectivity index (χ4n) is 1.58. The van der Waals surface area contributed by atoms with Crippen LogP contribution in [-0.4, -0.2) is 29.1 Å². The second-order valence-electron chi connectivity index (χ2n) is 3.63. The summed E-state index contributed by atoms with van der Waals surface area (Å²) in [5.41, 5.74) is 0. The molecule has 1 amide bonds. The molecule has 0 saturated carbocycles. The minimum atomic E-state index is -0.0949. The highest BCUT2D eigenvalue weighted by Gasteiger charge is 2.21. The Morgan fingerprint density at radius 1 is 1.56 bits per heavy atom. The number of hydrogen-bond donors (Lipinski definition) is 1. The molecule has 0 aromatic carbocycles. The Labute approximate surface area is 98.2 Å². The Hall–Kier alpha value is -1.20. The van der Waals surface area contributed by atoms with Gasteiger partial charge in [0.2, 0.25) is 5.91 Å². The third kappa shape index (κ3) is 2.90. The summed E-state index contributed by atoms with van der Waals surface area (Å²) in [6.07, 6.45) is 3.09. The largest absolute Gasteiger partial charge is 0.381 e. The third-order valence-electron chi connectivity index (χ3n) is 2.42. The molecule has 1 aliphatic rings. The van der Waals surface area contributed by atoms with E-state index in [0.29, 0.717) is 17.6 Å². The van der Waals surface area contributed by atoms with E-state index in [0.717, 1.165) is 19.4 Å². The first-order valence-corrected chi connectivity index (χ1v) is 5.49. The molecule has 86 valence electrons. The zero-order valence-electron chi connectivity index (χ0n) is 8.65. The fraction of sp³-hybridized carbons (Fsp3) is 0.500. The highest BCUT2D eigenvalue weighted by Crippen LogP contribution is 2.16. The lowest BCUT2D eigenvalue weighted by Gasteiger charge is -2.20. The standard InChI is InChI=1S/C10H12ClN3O2/c11-8-4-9(13-6-12-8)14-10(15)7-2-1-3-16-5-7/h4,6-7H,1-3,5H2,(H,12,13,14,15). The summed E-state index contributed by atoms with van der Waals surface area (Å²) >= 11 is 5.69. The molecule has 1 aromatic rings. The molecule has 0 bridgehead atoms. The Morgan fingerprint density at radius 2 is 2.44 bits per heavy atom. The number of nitrogens with zero attached hydrogens (tertiary/aromatic N) is 2. The van der Waals surface area contributed by atoms with Gasteiger partial charge < -0.3 is 10.1 Å². The summed E-state index contributed by atoms with van der Waals surface area (Å²) < 4.78 is 5.25. The van der Waals surface area contributed by atoms with Crippen LogP contribution in [-0.2, 0) is 9.53 Å². The van der Waals surface area contributed by atoms with Crippen LogP contribution in [0.2, 0.25) is 5.15 Å². The smallest absolute Gasteiger partial charge is 0.230 e. The van der Waals surface area contributed by atoms with Crippen molar-refractivity contribution in [2.45, 2.75) is 12.8 Å². The second-order valence-corrected chi connectivity index (χ2v) is 4.02. The van der Waals surface area contributed by atoms with Gasteiger partial charge in [-0.25, -0.2) is 9.97 Å². The van der Waals surface area contributed by atoms with Crippen molar-refractivity contribution in [2.24, 2.45) is 5.92 Å². The van der Waals surface area contributed by atoms with Crippen LogP contribution in [0.25, 0.3) is 0 Å². The molecule has 2 heterocycles. The molecular formula is C10H12ClN3O2. The number of anilines is 1. The number of halogens is 1. The Kier molecular flexibility index (Phi) is 3.69. The maximum Gasteiger partial charge on any atom is 0.230 e. The van der Waals surface area contributed by atoms with Crippen LogP contribution in [0.15, 0.2) is 12.4 Å². The van der Waals surface area contributed by atoms with E-state index in [-0.39, 0.29) is 11.8 Å². The normalized spacial score (nSPS) is 20.4. The molecule has 6 heteroatoms. The molecule has 0 radical (unpaired) electrons. The number of amides is 1. The summed E-state index contributed by atoms with van der Waals surface area (Å²) in [6, 6.07) is 1.52. The quantitative estimate of drug-likeness (QED) is 0.797. The molecule has 0 aliphatic carbocycles. The molecule has 1 N–H and O–H groups in total. The summed E-state index contributed by atoms with van der Waals surface area (Å²) in [7, 11) is 0. The van der Waals surface area contributed by atoms with Crippen LogP contribution in [0.1, 0.15) is 12.8 Å². The number of carbonyl (C=O) groups is 1. The molecule has 1 aromatic heterocycles. The number of aromatic nitrogens is 2. The first kappa shape index (κ1) is 11.3. The highest BCUT2D eigenvalue weighted by atomic mass is 35.5. The lowest BCUT2D eigenvalue weighted by atomic mass is 10.0. The Morgan fingerprint density at radius 3 is 3.12 bits per heavy atom. The topological polar surface area (TPSA) is 64.1 Å². The van der Waals surface area contributed by atoms with E-state index in [4.69, 9.17) is 16.3 Å².